The van der Waals surface area contributed by atoms with E-state index < -0.39 is 0 Å². The Morgan fingerprint density at radius 3 is 2.50 bits per heavy atom. The minimum atomic E-state index is -0.387. The van der Waals surface area contributed by atoms with Crippen molar-refractivity contribution >= 4 is 29.0 Å². The Kier molecular flexibility index (Phi) is 6.53. The van der Waals surface area contributed by atoms with Crippen LogP contribution in [0.15, 0.2) is 29.3 Å². The van der Waals surface area contributed by atoms with Gasteiger partial charge in [-0.25, -0.2) is 9.97 Å². The standard InChI is InChI=1S/C21H25N5OS/c1-14-19(13-22)21(24-16(3)23-14)28-15(2)20(27)25-17-7-9-18(10-8-17)26-11-5-4-6-12-26/h7-10,15H,4-6,11-12H2,1-3H3,(H,25,27). The fourth-order valence-electron chi connectivity index (χ4n) is 3.27. The highest BCUT2D eigenvalue weighted by Crippen LogP contribution is 2.27. The van der Waals surface area contributed by atoms with Crippen LogP contribution in [0.4, 0.5) is 11.4 Å². The van der Waals surface area contributed by atoms with Gasteiger partial charge in [-0.3, -0.25) is 4.79 Å². The fourth-order valence-corrected chi connectivity index (χ4v) is 4.26. The predicted octanol–water partition coefficient (Wildman–Crippen LogP) is 4.07. The van der Waals surface area contributed by atoms with E-state index in [0.29, 0.717) is 22.1 Å². The topological polar surface area (TPSA) is 81.9 Å². The van der Waals surface area contributed by atoms with E-state index in [4.69, 9.17) is 0 Å². The predicted molar refractivity (Wildman–Crippen MR) is 113 cm³/mol. The van der Waals surface area contributed by atoms with Crippen molar-refractivity contribution in [1.29, 1.82) is 5.26 Å². The number of carbonyl (C=O) groups excluding carboxylic acids is 1. The Bertz CT molecular complexity index is 885. The molecule has 1 aromatic heterocycles. The molecule has 3 rings (SSSR count). The van der Waals surface area contributed by atoms with Gasteiger partial charge in [-0.15, -0.1) is 0 Å². The van der Waals surface area contributed by atoms with Gasteiger partial charge in [-0.2, -0.15) is 5.26 Å². The van der Waals surface area contributed by atoms with E-state index in [1.807, 2.05) is 19.1 Å². The highest BCUT2D eigenvalue weighted by Gasteiger charge is 2.19. The van der Waals surface area contributed by atoms with E-state index in [2.05, 4.69) is 38.4 Å². The SMILES string of the molecule is Cc1nc(C)c(C#N)c(SC(C)C(=O)Nc2ccc(N3CCCCC3)cc2)n1. The van der Waals surface area contributed by atoms with Crippen LogP contribution in [-0.4, -0.2) is 34.2 Å². The Labute approximate surface area is 170 Å². The lowest BCUT2D eigenvalue weighted by atomic mass is 10.1. The molecular formula is C21H25N5OS. The summed E-state index contributed by atoms with van der Waals surface area (Å²) in [5.41, 5.74) is 3.04. The molecule has 1 N–H and O–H groups in total. The first kappa shape index (κ1) is 20.2. The zero-order valence-electron chi connectivity index (χ0n) is 16.5. The molecule has 1 saturated heterocycles. The van der Waals surface area contributed by atoms with E-state index in [1.54, 1.807) is 13.8 Å². The van der Waals surface area contributed by atoms with Crippen LogP contribution in [0.1, 0.15) is 43.3 Å². The molecular weight excluding hydrogens is 370 g/mol. The molecule has 1 unspecified atom stereocenters. The Morgan fingerprint density at radius 1 is 1.18 bits per heavy atom. The average molecular weight is 396 g/mol. The summed E-state index contributed by atoms with van der Waals surface area (Å²) in [4.78, 5) is 23.6. The van der Waals surface area contributed by atoms with Gasteiger partial charge in [0.25, 0.3) is 0 Å². The van der Waals surface area contributed by atoms with Crippen molar-refractivity contribution in [1.82, 2.24) is 9.97 Å². The lowest BCUT2D eigenvalue weighted by Crippen LogP contribution is -2.29. The summed E-state index contributed by atoms with van der Waals surface area (Å²) in [6.07, 6.45) is 3.78. The summed E-state index contributed by atoms with van der Waals surface area (Å²) >= 11 is 1.28. The first-order valence-electron chi connectivity index (χ1n) is 9.56. The number of amides is 1. The second-order valence-corrected chi connectivity index (χ2v) is 8.32. The number of hydrogen-bond donors (Lipinski definition) is 1. The number of nitrogens with one attached hydrogen (secondary N) is 1. The number of rotatable bonds is 5. The molecule has 7 heteroatoms. The normalized spacial score (nSPS) is 15.0. The van der Waals surface area contributed by atoms with Gasteiger partial charge in [0.05, 0.1) is 10.9 Å². The number of nitriles is 1. The van der Waals surface area contributed by atoms with Crippen molar-refractivity contribution in [2.24, 2.45) is 0 Å². The lowest BCUT2D eigenvalue weighted by molar-refractivity contribution is -0.115. The molecule has 0 radical (unpaired) electrons. The van der Waals surface area contributed by atoms with Gasteiger partial charge in [0.1, 0.15) is 22.5 Å². The number of benzene rings is 1. The van der Waals surface area contributed by atoms with Gasteiger partial charge >= 0.3 is 0 Å². The third-order valence-corrected chi connectivity index (χ3v) is 5.88. The second kappa shape index (κ2) is 9.07. The number of carbonyl (C=O) groups is 1. The summed E-state index contributed by atoms with van der Waals surface area (Å²) in [5, 5.41) is 12.5. The van der Waals surface area contributed by atoms with Gasteiger partial charge in [0, 0.05) is 24.5 Å². The quantitative estimate of drug-likeness (QED) is 0.607. The molecule has 1 aliphatic heterocycles. The van der Waals surface area contributed by atoms with Crippen molar-refractivity contribution in [2.75, 3.05) is 23.3 Å². The average Bonchev–Trinajstić information content (AvgIpc) is 2.69. The van der Waals surface area contributed by atoms with Crippen LogP contribution >= 0.6 is 11.8 Å². The van der Waals surface area contributed by atoms with Crippen LogP contribution < -0.4 is 10.2 Å². The molecule has 1 atom stereocenters. The fraction of sp³-hybridized carbons (Fsp3) is 0.429. The van der Waals surface area contributed by atoms with Crippen molar-refractivity contribution < 1.29 is 4.79 Å². The number of aromatic nitrogens is 2. The molecule has 146 valence electrons. The van der Waals surface area contributed by atoms with Gasteiger partial charge in [0.2, 0.25) is 5.91 Å². The van der Waals surface area contributed by atoms with Gasteiger partial charge in [-0.05, 0) is 64.3 Å². The molecule has 0 bridgehead atoms. The number of piperidine rings is 1. The summed E-state index contributed by atoms with van der Waals surface area (Å²) < 4.78 is 0. The molecule has 1 amide bonds. The van der Waals surface area contributed by atoms with Crippen molar-refractivity contribution in [3.63, 3.8) is 0 Å². The highest BCUT2D eigenvalue weighted by molar-refractivity contribution is 8.00. The highest BCUT2D eigenvalue weighted by atomic mass is 32.2. The van der Waals surface area contributed by atoms with Crippen molar-refractivity contribution in [3.05, 3.63) is 41.3 Å². The maximum absolute atomic E-state index is 12.6. The minimum absolute atomic E-state index is 0.117. The zero-order chi connectivity index (χ0) is 20.1. The number of nitrogens with zero attached hydrogens (tertiary/aromatic N) is 4. The summed E-state index contributed by atoms with van der Waals surface area (Å²) in [6, 6.07) is 10.1. The van der Waals surface area contributed by atoms with Gasteiger partial charge < -0.3 is 10.2 Å². The van der Waals surface area contributed by atoms with E-state index >= 15 is 0 Å². The third kappa shape index (κ3) is 4.82. The van der Waals surface area contributed by atoms with E-state index in [-0.39, 0.29) is 11.2 Å². The van der Waals surface area contributed by atoms with Gasteiger partial charge in [-0.1, -0.05) is 11.8 Å². The number of anilines is 2. The molecule has 6 nitrogen and oxygen atoms in total. The molecule has 28 heavy (non-hydrogen) atoms. The van der Waals surface area contributed by atoms with E-state index in [9.17, 15) is 10.1 Å². The van der Waals surface area contributed by atoms with Crippen molar-refractivity contribution in [2.45, 2.75) is 50.3 Å². The summed E-state index contributed by atoms with van der Waals surface area (Å²) in [6.45, 7) is 7.57. The number of thioether (sulfide) groups is 1. The van der Waals surface area contributed by atoms with Gasteiger partial charge in [0.15, 0.2) is 0 Å². The Morgan fingerprint density at radius 2 is 1.86 bits per heavy atom. The van der Waals surface area contributed by atoms with Crippen LogP contribution in [0, 0.1) is 25.2 Å². The molecule has 2 aromatic rings. The smallest absolute Gasteiger partial charge is 0.237 e. The summed E-state index contributed by atoms with van der Waals surface area (Å²) in [5.74, 6) is 0.480. The van der Waals surface area contributed by atoms with E-state index in [1.165, 1.54) is 36.7 Å². The van der Waals surface area contributed by atoms with Crippen LogP contribution in [-0.2, 0) is 4.79 Å². The zero-order valence-corrected chi connectivity index (χ0v) is 17.3. The van der Waals surface area contributed by atoms with Crippen LogP contribution in [0.2, 0.25) is 0 Å². The summed E-state index contributed by atoms with van der Waals surface area (Å²) in [7, 11) is 0. The van der Waals surface area contributed by atoms with Crippen LogP contribution in [0.5, 0.6) is 0 Å². The second-order valence-electron chi connectivity index (χ2n) is 6.99. The largest absolute Gasteiger partial charge is 0.372 e. The molecule has 1 aromatic carbocycles. The maximum atomic E-state index is 12.6. The lowest BCUT2D eigenvalue weighted by Gasteiger charge is -2.28. The van der Waals surface area contributed by atoms with Crippen LogP contribution in [0.25, 0.3) is 0 Å². The molecule has 0 aliphatic carbocycles. The van der Waals surface area contributed by atoms with Crippen LogP contribution in [0.3, 0.4) is 0 Å². The maximum Gasteiger partial charge on any atom is 0.237 e. The van der Waals surface area contributed by atoms with E-state index in [0.717, 1.165) is 18.8 Å². The monoisotopic (exact) mass is 395 g/mol. The number of aryl methyl sites for hydroxylation is 2. The molecule has 2 heterocycles. The Hall–Kier alpha value is -2.59. The first-order chi connectivity index (χ1) is 13.5. The first-order valence-corrected chi connectivity index (χ1v) is 10.4. The molecule has 1 fully saturated rings. The minimum Gasteiger partial charge on any atom is -0.372 e. The number of hydrogen-bond acceptors (Lipinski definition) is 6. The Balaban J connectivity index is 1.64. The van der Waals surface area contributed by atoms with Crippen molar-refractivity contribution in [3.8, 4) is 6.07 Å². The molecule has 0 saturated carbocycles. The third-order valence-electron chi connectivity index (χ3n) is 4.79. The molecule has 0 spiro atoms. The molecule has 1 aliphatic rings.